The van der Waals surface area contributed by atoms with Crippen molar-refractivity contribution < 1.29 is 9.90 Å². The molecule has 2 aromatic heterocycles. The highest BCUT2D eigenvalue weighted by Gasteiger charge is 2.17. The van der Waals surface area contributed by atoms with Crippen LogP contribution in [0.25, 0.3) is 23.2 Å². The van der Waals surface area contributed by atoms with Gasteiger partial charge in [0.15, 0.2) is 5.65 Å². The lowest BCUT2D eigenvalue weighted by atomic mass is 10.1. The number of carboxylic acid groups (broad SMARTS) is 1. The Bertz CT molecular complexity index is 944. The molecule has 5 nitrogen and oxygen atoms in total. The monoisotopic (exact) mass is 327 g/mol. The van der Waals surface area contributed by atoms with Gasteiger partial charge in [0.05, 0.1) is 22.3 Å². The highest BCUT2D eigenvalue weighted by Crippen LogP contribution is 2.23. The fraction of sp³-hybridized carbons (Fsp3) is 0.118. The Kier molecular flexibility index (Phi) is 3.88. The summed E-state index contributed by atoms with van der Waals surface area (Å²) in [5.74, 6) is -0.999. The lowest BCUT2D eigenvalue weighted by molar-refractivity contribution is 0.0699. The van der Waals surface area contributed by atoms with E-state index in [1.54, 1.807) is 36.9 Å². The largest absolute Gasteiger partial charge is 0.478 e. The van der Waals surface area contributed by atoms with Crippen molar-refractivity contribution in [2.24, 2.45) is 7.05 Å². The van der Waals surface area contributed by atoms with E-state index in [1.807, 2.05) is 24.3 Å². The molecule has 0 aliphatic rings. The first kappa shape index (κ1) is 15.2. The van der Waals surface area contributed by atoms with Gasteiger partial charge in [0, 0.05) is 12.1 Å². The van der Waals surface area contributed by atoms with Gasteiger partial charge in [-0.15, -0.1) is 0 Å². The van der Waals surface area contributed by atoms with Gasteiger partial charge in [0.25, 0.3) is 0 Å². The van der Waals surface area contributed by atoms with Gasteiger partial charge in [0.1, 0.15) is 0 Å². The molecule has 0 aliphatic carbocycles. The molecule has 6 heteroatoms. The van der Waals surface area contributed by atoms with Gasteiger partial charge >= 0.3 is 5.97 Å². The lowest BCUT2D eigenvalue weighted by Gasteiger charge is -2.02. The molecule has 1 N–H and O–H groups in total. The Morgan fingerprint density at radius 1 is 1.30 bits per heavy atom. The molecule has 0 saturated carbocycles. The van der Waals surface area contributed by atoms with Crippen LogP contribution in [0.5, 0.6) is 0 Å². The molecule has 0 bridgehead atoms. The van der Waals surface area contributed by atoms with Crippen LogP contribution in [-0.4, -0.2) is 25.8 Å². The second-order valence-electron chi connectivity index (χ2n) is 5.16. The van der Waals surface area contributed by atoms with Crippen LogP contribution in [-0.2, 0) is 7.05 Å². The molecule has 23 heavy (non-hydrogen) atoms. The smallest absolute Gasteiger partial charge is 0.336 e. The summed E-state index contributed by atoms with van der Waals surface area (Å²) in [7, 11) is 1.75. The van der Waals surface area contributed by atoms with Gasteiger partial charge in [-0.05, 0) is 30.7 Å². The second kappa shape index (κ2) is 5.85. The maximum Gasteiger partial charge on any atom is 0.336 e. The molecule has 2 heterocycles. The number of halogens is 1. The van der Waals surface area contributed by atoms with E-state index in [-0.39, 0.29) is 5.56 Å². The van der Waals surface area contributed by atoms with Crippen LogP contribution in [0.1, 0.15) is 27.3 Å². The Morgan fingerprint density at radius 2 is 2.04 bits per heavy atom. The highest BCUT2D eigenvalue weighted by molar-refractivity contribution is 6.32. The summed E-state index contributed by atoms with van der Waals surface area (Å²) in [4.78, 5) is 16.0. The number of aromatic nitrogens is 3. The standard InChI is InChI=1S/C17H14ClN3O2/c1-10-15-13(17(22)23)9-12(19-16(15)21(2)20-10)8-7-11-5-3-4-6-14(11)18/h3-9H,1-2H3,(H,22,23)/b8-7+. The molecule has 0 amide bonds. The molecule has 3 rings (SSSR count). The van der Waals surface area contributed by atoms with Gasteiger partial charge in [-0.25, -0.2) is 9.78 Å². The van der Waals surface area contributed by atoms with Crippen molar-refractivity contribution >= 4 is 40.8 Å². The topological polar surface area (TPSA) is 68.0 Å². The number of hydrogen-bond donors (Lipinski definition) is 1. The lowest BCUT2D eigenvalue weighted by Crippen LogP contribution is -2.01. The second-order valence-corrected chi connectivity index (χ2v) is 5.57. The Labute approximate surface area is 137 Å². The van der Waals surface area contributed by atoms with Gasteiger partial charge in [-0.3, -0.25) is 4.68 Å². The molecule has 0 spiro atoms. The minimum atomic E-state index is -0.999. The average molecular weight is 328 g/mol. The number of fused-ring (bicyclic) bond motifs is 1. The summed E-state index contributed by atoms with van der Waals surface area (Å²) >= 11 is 6.12. The molecular formula is C17H14ClN3O2. The fourth-order valence-electron chi connectivity index (χ4n) is 2.50. The Morgan fingerprint density at radius 3 is 2.74 bits per heavy atom. The molecular weight excluding hydrogens is 314 g/mol. The first-order chi connectivity index (χ1) is 11.0. The minimum Gasteiger partial charge on any atom is -0.478 e. The Hall–Kier alpha value is -2.66. The number of hydrogen-bond acceptors (Lipinski definition) is 3. The zero-order valence-electron chi connectivity index (χ0n) is 12.6. The molecule has 0 aliphatic heterocycles. The maximum atomic E-state index is 11.5. The number of carbonyl (C=O) groups is 1. The summed E-state index contributed by atoms with van der Waals surface area (Å²) in [6, 6.07) is 8.96. The number of benzene rings is 1. The fourth-order valence-corrected chi connectivity index (χ4v) is 2.70. The van der Waals surface area contributed by atoms with Crippen LogP contribution in [0.4, 0.5) is 0 Å². The van der Waals surface area contributed by atoms with E-state index in [1.165, 1.54) is 0 Å². The third-order valence-corrected chi connectivity index (χ3v) is 3.90. The SMILES string of the molecule is Cc1nn(C)c2nc(/C=C/c3ccccc3Cl)cc(C(=O)O)c12. The van der Waals surface area contributed by atoms with Gasteiger partial charge in [-0.1, -0.05) is 35.9 Å². The number of aromatic carboxylic acids is 1. The third-order valence-electron chi connectivity index (χ3n) is 3.56. The van der Waals surface area contributed by atoms with E-state index >= 15 is 0 Å². The first-order valence-electron chi connectivity index (χ1n) is 6.97. The summed E-state index contributed by atoms with van der Waals surface area (Å²) in [6.45, 7) is 1.77. The molecule has 0 saturated heterocycles. The molecule has 0 fully saturated rings. The zero-order chi connectivity index (χ0) is 16.6. The molecule has 3 aromatic rings. The predicted octanol–water partition coefficient (Wildman–Crippen LogP) is 3.80. The number of nitrogens with zero attached hydrogens (tertiary/aromatic N) is 3. The number of pyridine rings is 1. The van der Waals surface area contributed by atoms with Crippen molar-refractivity contribution in [2.45, 2.75) is 6.92 Å². The summed E-state index contributed by atoms with van der Waals surface area (Å²) < 4.78 is 1.59. The van der Waals surface area contributed by atoms with E-state index in [4.69, 9.17) is 11.6 Å². The van der Waals surface area contributed by atoms with E-state index in [2.05, 4.69) is 10.1 Å². The van der Waals surface area contributed by atoms with E-state index in [9.17, 15) is 9.90 Å². The van der Waals surface area contributed by atoms with Crippen molar-refractivity contribution in [3.63, 3.8) is 0 Å². The van der Waals surface area contributed by atoms with E-state index < -0.39 is 5.97 Å². The first-order valence-corrected chi connectivity index (χ1v) is 7.35. The van der Waals surface area contributed by atoms with Crippen molar-refractivity contribution in [2.75, 3.05) is 0 Å². The quantitative estimate of drug-likeness (QED) is 0.794. The van der Waals surface area contributed by atoms with Crippen LogP contribution in [0.15, 0.2) is 30.3 Å². The number of aryl methyl sites for hydroxylation is 2. The van der Waals surface area contributed by atoms with Crippen molar-refractivity contribution in [3.05, 3.63) is 57.9 Å². The summed E-state index contributed by atoms with van der Waals surface area (Å²) in [5.41, 5.74) is 2.77. The summed E-state index contributed by atoms with van der Waals surface area (Å²) in [5, 5.41) is 14.9. The maximum absolute atomic E-state index is 11.5. The van der Waals surface area contributed by atoms with Crippen LogP contribution in [0.2, 0.25) is 5.02 Å². The van der Waals surface area contributed by atoms with Crippen LogP contribution in [0, 0.1) is 6.92 Å². The van der Waals surface area contributed by atoms with E-state index in [0.29, 0.717) is 27.4 Å². The molecule has 0 unspecified atom stereocenters. The highest BCUT2D eigenvalue weighted by atomic mass is 35.5. The van der Waals surface area contributed by atoms with Crippen LogP contribution in [0.3, 0.4) is 0 Å². The molecule has 0 radical (unpaired) electrons. The molecule has 0 atom stereocenters. The zero-order valence-corrected chi connectivity index (χ0v) is 13.4. The van der Waals surface area contributed by atoms with Gasteiger partial charge in [-0.2, -0.15) is 5.10 Å². The van der Waals surface area contributed by atoms with Gasteiger partial charge in [0.2, 0.25) is 0 Å². The average Bonchev–Trinajstić information content (AvgIpc) is 2.80. The normalized spacial score (nSPS) is 11.4. The summed E-state index contributed by atoms with van der Waals surface area (Å²) in [6.07, 6.45) is 3.56. The number of carboxylic acids is 1. The predicted molar refractivity (Wildman–Crippen MR) is 90.6 cm³/mol. The molecule has 116 valence electrons. The van der Waals surface area contributed by atoms with Crippen LogP contribution < -0.4 is 0 Å². The third kappa shape index (κ3) is 2.83. The van der Waals surface area contributed by atoms with E-state index in [0.717, 1.165) is 5.56 Å². The van der Waals surface area contributed by atoms with Crippen LogP contribution >= 0.6 is 11.6 Å². The Balaban J connectivity index is 2.14. The van der Waals surface area contributed by atoms with Gasteiger partial charge < -0.3 is 5.11 Å². The minimum absolute atomic E-state index is 0.194. The van der Waals surface area contributed by atoms with Crippen molar-refractivity contribution in [1.29, 1.82) is 0 Å². The van der Waals surface area contributed by atoms with Crippen molar-refractivity contribution in [3.8, 4) is 0 Å². The van der Waals surface area contributed by atoms with Crippen molar-refractivity contribution in [1.82, 2.24) is 14.8 Å². The molecule has 1 aromatic carbocycles. The number of rotatable bonds is 3.